The Bertz CT molecular complexity index is 2890. The molecule has 49 heavy (non-hydrogen) atoms. The van der Waals surface area contributed by atoms with Crippen LogP contribution in [0.1, 0.15) is 0 Å². The highest BCUT2D eigenvalue weighted by atomic mass is 16.3. The van der Waals surface area contributed by atoms with E-state index in [0.717, 1.165) is 60.5 Å². The van der Waals surface area contributed by atoms with Gasteiger partial charge in [-0.25, -0.2) is 15.0 Å². The minimum Gasteiger partial charge on any atom is -0.455 e. The third-order valence-corrected chi connectivity index (χ3v) is 9.50. The molecule has 0 atom stereocenters. The quantitative estimate of drug-likeness (QED) is 0.183. The van der Waals surface area contributed by atoms with Gasteiger partial charge >= 0.3 is 0 Å². The van der Waals surface area contributed by atoms with Crippen molar-refractivity contribution in [1.29, 1.82) is 0 Å². The highest BCUT2D eigenvalue weighted by molar-refractivity contribution is 6.13. The fraction of sp³-hybridized carbons (Fsp3) is 0. The molecule has 228 valence electrons. The highest BCUT2D eigenvalue weighted by Crippen LogP contribution is 2.42. The molecule has 0 aliphatic rings. The molecule has 0 saturated carbocycles. The van der Waals surface area contributed by atoms with E-state index in [1.54, 1.807) is 0 Å². The van der Waals surface area contributed by atoms with Gasteiger partial charge in [-0.05, 0) is 68.2 Å². The SMILES string of the molecule is c1ccc(-c2nc(-c3ccc4c(ccc5ccccc54)c3)nc(-c3ccc4c(oc5ccccc54)c3-c3ccc4ccccc4c3)n2)cc1. The Balaban J connectivity index is 1.25. The van der Waals surface area contributed by atoms with Gasteiger partial charge < -0.3 is 4.42 Å². The molecular weight excluding hydrogens is 599 g/mol. The van der Waals surface area contributed by atoms with E-state index in [4.69, 9.17) is 19.4 Å². The molecule has 0 saturated heterocycles. The number of rotatable bonds is 4. The minimum absolute atomic E-state index is 0.591. The highest BCUT2D eigenvalue weighted by Gasteiger charge is 2.21. The monoisotopic (exact) mass is 625 g/mol. The second-order valence-electron chi connectivity index (χ2n) is 12.4. The van der Waals surface area contributed by atoms with Crippen LogP contribution in [-0.2, 0) is 0 Å². The molecule has 0 aliphatic heterocycles. The summed E-state index contributed by atoms with van der Waals surface area (Å²) < 4.78 is 6.65. The summed E-state index contributed by atoms with van der Waals surface area (Å²) in [5.74, 6) is 1.83. The predicted octanol–water partition coefficient (Wildman–Crippen LogP) is 11.9. The van der Waals surface area contributed by atoms with Gasteiger partial charge in [0, 0.05) is 33.0 Å². The van der Waals surface area contributed by atoms with Crippen LogP contribution in [0.2, 0.25) is 0 Å². The van der Waals surface area contributed by atoms with E-state index in [2.05, 4.69) is 121 Å². The molecule has 0 unspecified atom stereocenters. The average Bonchev–Trinajstić information content (AvgIpc) is 3.56. The molecule has 4 nitrogen and oxygen atoms in total. The third kappa shape index (κ3) is 4.57. The number of para-hydroxylation sites is 1. The Morgan fingerprint density at radius 2 is 0.939 bits per heavy atom. The molecule has 0 radical (unpaired) electrons. The zero-order valence-corrected chi connectivity index (χ0v) is 26.3. The molecule has 0 spiro atoms. The van der Waals surface area contributed by atoms with Crippen LogP contribution in [0.25, 0.3) is 99.5 Å². The summed E-state index contributed by atoms with van der Waals surface area (Å²) in [6.45, 7) is 0. The fourth-order valence-corrected chi connectivity index (χ4v) is 7.10. The van der Waals surface area contributed by atoms with Crippen molar-refractivity contribution in [1.82, 2.24) is 15.0 Å². The van der Waals surface area contributed by atoms with Gasteiger partial charge in [0.2, 0.25) is 0 Å². The summed E-state index contributed by atoms with van der Waals surface area (Å²) >= 11 is 0. The third-order valence-electron chi connectivity index (χ3n) is 9.50. The maximum absolute atomic E-state index is 6.65. The minimum atomic E-state index is 0.591. The van der Waals surface area contributed by atoms with E-state index >= 15 is 0 Å². The van der Waals surface area contributed by atoms with Crippen LogP contribution in [-0.4, -0.2) is 15.0 Å². The zero-order valence-electron chi connectivity index (χ0n) is 26.3. The number of benzene rings is 8. The largest absolute Gasteiger partial charge is 0.455 e. The lowest BCUT2D eigenvalue weighted by atomic mass is 9.94. The van der Waals surface area contributed by atoms with Gasteiger partial charge in [-0.15, -0.1) is 0 Å². The van der Waals surface area contributed by atoms with Crippen molar-refractivity contribution in [3.8, 4) is 45.3 Å². The van der Waals surface area contributed by atoms with E-state index < -0.39 is 0 Å². The molecular formula is C45H27N3O. The molecule has 0 amide bonds. The fourth-order valence-electron chi connectivity index (χ4n) is 7.10. The Morgan fingerprint density at radius 1 is 0.347 bits per heavy atom. The van der Waals surface area contributed by atoms with Crippen molar-refractivity contribution in [3.05, 3.63) is 164 Å². The first-order chi connectivity index (χ1) is 24.3. The number of hydrogen-bond acceptors (Lipinski definition) is 4. The van der Waals surface area contributed by atoms with Crippen molar-refractivity contribution < 1.29 is 4.42 Å². The van der Waals surface area contributed by atoms with Crippen molar-refractivity contribution in [2.45, 2.75) is 0 Å². The Hall–Kier alpha value is -6.65. The van der Waals surface area contributed by atoms with Crippen LogP contribution in [0, 0.1) is 0 Å². The van der Waals surface area contributed by atoms with E-state index in [1.165, 1.54) is 21.5 Å². The van der Waals surface area contributed by atoms with E-state index in [0.29, 0.717) is 17.5 Å². The Labute approximate surface area is 282 Å². The van der Waals surface area contributed by atoms with Crippen molar-refractivity contribution in [3.63, 3.8) is 0 Å². The zero-order chi connectivity index (χ0) is 32.3. The van der Waals surface area contributed by atoms with Gasteiger partial charge in [-0.1, -0.05) is 133 Å². The van der Waals surface area contributed by atoms with Crippen molar-refractivity contribution >= 4 is 54.3 Å². The number of furan rings is 1. The maximum atomic E-state index is 6.65. The average molecular weight is 626 g/mol. The van der Waals surface area contributed by atoms with Crippen LogP contribution in [0.4, 0.5) is 0 Å². The second-order valence-corrected chi connectivity index (χ2v) is 12.4. The molecule has 0 N–H and O–H groups in total. The smallest absolute Gasteiger partial charge is 0.164 e. The number of nitrogens with zero attached hydrogens (tertiary/aromatic N) is 3. The first kappa shape index (κ1) is 27.5. The number of fused-ring (bicyclic) bond motifs is 7. The van der Waals surface area contributed by atoms with Crippen LogP contribution in [0.5, 0.6) is 0 Å². The molecule has 8 aromatic carbocycles. The molecule has 10 aromatic rings. The van der Waals surface area contributed by atoms with Crippen LogP contribution in [0.15, 0.2) is 168 Å². The first-order valence-electron chi connectivity index (χ1n) is 16.4. The molecule has 2 aromatic heterocycles. The molecule has 4 heteroatoms. The van der Waals surface area contributed by atoms with Crippen LogP contribution < -0.4 is 0 Å². The summed E-state index contributed by atoms with van der Waals surface area (Å²) in [5.41, 5.74) is 6.41. The molecule has 0 aliphatic carbocycles. The van der Waals surface area contributed by atoms with Gasteiger partial charge in [0.05, 0.1) is 0 Å². The topological polar surface area (TPSA) is 51.8 Å². The summed E-state index contributed by atoms with van der Waals surface area (Å²) in [6.07, 6.45) is 0. The number of hydrogen-bond donors (Lipinski definition) is 0. The lowest BCUT2D eigenvalue weighted by Gasteiger charge is -2.14. The molecule has 0 fully saturated rings. The van der Waals surface area contributed by atoms with Crippen molar-refractivity contribution in [2.75, 3.05) is 0 Å². The Kier molecular flexibility index (Phi) is 6.15. The first-order valence-corrected chi connectivity index (χ1v) is 16.4. The van der Waals surface area contributed by atoms with Gasteiger partial charge in [-0.2, -0.15) is 0 Å². The standard InChI is InChI=1S/C45H27N3O/c1-2-12-30(13-3-1)43-46-44(34-22-23-36-32(27-34)20-19-29-11-6-7-15-35(29)36)48-45(47-43)39-25-24-38-37-16-8-9-17-40(37)49-42(38)41(39)33-21-18-28-10-4-5-14-31(28)26-33/h1-27H. The van der Waals surface area contributed by atoms with Crippen LogP contribution >= 0.6 is 0 Å². The van der Waals surface area contributed by atoms with Crippen molar-refractivity contribution in [2.24, 2.45) is 0 Å². The summed E-state index contributed by atoms with van der Waals surface area (Å²) in [5, 5.41) is 9.27. The predicted molar refractivity (Wildman–Crippen MR) is 201 cm³/mol. The van der Waals surface area contributed by atoms with Gasteiger partial charge in [0.1, 0.15) is 11.2 Å². The van der Waals surface area contributed by atoms with Gasteiger partial charge in [0.25, 0.3) is 0 Å². The second kappa shape index (κ2) is 11.0. The van der Waals surface area contributed by atoms with Crippen LogP contribution in [0.3, 0.4) is 0 Å². The molecule has 10 rings (SSSR count). The van der Waals surface area contributed by atoms with E-state index in [1.807, 2.05) is 42.5 Å². The van der Waals surface area contributed by atoms with E-state index in [9.17, 15) is 0 Å². The van der Waals surface area contributed by atoms with Gasteiger partial charge in [0.15, 0.2) is 17.5 Å². The molecule has 2 heterocycles. The molecule has 0 bridgehead atoms. The summed E-state index contributed by atoms with van der Waals surface area (Å²) in [6, 6.07) is 56.9. The van der Waals surface area contributed by atoms with E-state index in [-0.39, 0.29) is 0 Å². The maximum Gasteiger partial charge on any atom is 0.164 e. The Morgan fingerprint density at radius 3 is 1.82 bits per heavy atom. The summed E-state index contributed by atoms with van der Waals surface area (Å²) in [4.78, 5) is 15.4. The summed E-state index contributed by atoms with van der Waals surface area (Å²) in [7, 11) is 0. The normalized spacial score (nSPS) is 11.7. The van der Waals surface area contributed by atoms with Gasteiger partial charge in [-0.3, -0.25) is 0 Å². The lowest BCUT2D eigenvalue weighted by Crippen LogP contribution is -2.01. The number of aromatic nitrogens is 3. The lowest BCUT2D eigenvalue weighted by molar-refractivity contribution is 0.670.